The molecule has 0 spiro atoms. The van der Waals surface area contributed by atoms with Crippen LogP contribution in [0.25, 0.3) is 0 Å². The first-order valence-corrected chi connectivity index (χ1v) is 7.78. The SMILES string of the molecule is CCC1CCCCCN1Cc1ccc(Br)c(N)c1. The van der Waals surface area contributed by atoms with Gasteiger partial charge in [0.05, 0.1) is 0 Å². The van der Waals surface area contributed by atoms with E-state index in [0.29, 0.717) is 0 Å². The topological polar surface area (TPSA) is 29.3 Å². The first kappa shape index (κ1) is 13.9. The van der Waals surface area contributed by atoms with Crippen LogP contribution >= 0.6 is 15.9 Å². The lowest BCUT2D eigenvalue weighted by molar-refractivity contribution is 0.186. The fourth-order valence-corrected chi connectivity index (χ4v) is 3.08. The number of hydrogen-bond donors (Lipinski definition) is 1. The summed E-state index contributed by atoms with van der Waals surface area (Å²) in [4.78, 5) is 2.63. The summed E-state index contributed by atoms with van der Waals surface area (Å²) in [6.45, 7) is 4.57. The van der Waals surface area contributed by atoms with Gasteiger partial charge in [0, 0.05) is 22.7 Å². The predicted molar refractivity (Wildman–Crippen MR) is 81.5 cm³/mol. The fraction of sp³-hybridized carbons (Fsp3) is 0.600. The largest absolute Gasteiger partial charge is 0.398 e. The average Bonchev–Trinajstić information content (AvgIpc) is 2.59. The van der Waals surface area contributed by atoms with Crippen LogP contribution in [0.3, 0.4) is 0 Å². The maximum Gasteiger partial charge on any atom is 0.0461 e. The smallest absolute Gasteiger partial charge is 0.0461 e. The van der Waals surface area contributed by atoms with E-state index in [9.17, 15) is 0 Å². The number of rotatable bonds is 3. The van der Waals surface area contributed by atoms with Gasteiger partial charge in [0.15, 0.2) is 0 Å². The molecule has 2 rings (SSSR count). The lowest BCUT2D eigenvalue weighted by atomic mass is 10.1. The summed E-state index contributed by atoms with van der Waals surface area (Å²) >= 11 is 3.45. The number of benzene rings is 1. The highest BCUT2D eigenvalue weighted by molar-refractivity contribution is 9.10. The van der Waals surface area contributed by atoms with Crippen molar-refractivity contribution < 1.29 is 0 Å². The molecule has 0 aliphatic carbocycles. The van der Waals surface area contributed by atoms with Crippen LogP contribution in [0.4, 0.5) is 5.69 Å². The van der Waals surface area contributed by atoms with Gasteiger partial charge < -0.3 is 5.73 Å². The Morgan fingerprint density at radius 3 is 2.89 bits per heavy atom. The van der Waals surface area contributed by atoms with Crippen molar-refractivity contribution in [1.29, 1.82) is 0 Å². The van der Waals surface area contributed by atoms with E-state index in [2.05, 4.69) is 46.0 Å². The Hall–Kier alpha value is -0.540. The molecule has 2 N–H and O–H groups in total. The molecule has 18 heavy (non-hydrogen) atoms. The molecule has 3 heteroatoms. The Kier molecular flexibility index (Phi) is 5.07. The molecule has 0 radical (unpaired) electrons. The molecule has 0 saturated carbocycles. The zero-order valence-corrected chi connectivity index (χ0v) is 12.7. The van der Waals surface area contributed by atoms with Crippen molar-refractivity contribution in [1.82, 2.24) is 4.90 Å². The molecular formula is C15H23BrN2. The Labute approximate surface area is 119 Å². The minimum absolute atomic E-state index is 0.748. The van der Waals surface area contributed by atoms with E-state index in [4.69, 9.17) is 5.73 Å². The molecule has 0 aromatic heterocycles. The van der Waals surface area contributed by atoms with Gasteiger partial charge in [-0.3, -0.25) is 4.90 Å². The molecule has 2 nitrogen and oxygen atoms in total. The van der Waals surface area contributed by atoms with Crippen LogP contribution in [0.2, 0.25) is 0 Å². The van der Waals surface area contributed by atoms with Gasteiger partial charge >= 0.3 is 0 Å². The second kappa shape index (κ2) is 6.58. The number of nitrogen functional groups attached to an aromatic ring is 1. The van der Waals surface area contributed by atoms with Gasteiger partial charge in [-0.2, -0.15) is 0 Å². The van der Waals surface area contributed by atoms with Crippen molar-refractivity contribution in [2.45, 2.75) is 51.6 Å². The van der Waals surface area contributed by atoms with Crippen molar-refractivity contribution in [3.63, 3.8) is 0 Å². The number of halogens is 1. The van der Waals surface area contributed by atoms with E-state index in [0.717, 1.165) is 22.7 Å². The Morgan fingerprint density at radius 1 is 1.33 bits per heavy atom. The minimum Gasteiger partial charge on any atom is -0.398 e. The summed E-state index contributed by atoms with van der Waals surface area (Å²) in [6.07, 6.45) is 6.71. The van der Waals surface area contributed by atoms with Crippen LogP contribution in [0.1, 0.15) is 44.6 Å². The van der Waals surface area contributed by atoms with Gasteiger partial charge in [0.25, 0.3) is 0 Å². The fourth-order valence-electron chi connectivity index (χ4n) is 2.83. The molecule has 1 fully saturated rings. The van der Waals surface area contributed by atoms with Gasteiger partial charge in [-0.1, -0.05) is 25.8 Å². The molecule has 1 aliphatic rings. The maximum atomic E-state index is 5.96. The zero-order valence-electron chi connectivity index (χ0n) is 11.2. The number of likely N-dealkylation sites (tertiary alicyclic amines) is 1. The Morgan fingerprint density at radius 2 is 2.17 bits per heavy atom. The van der Waals surface area contributed by atoms with Crippen molar-refractivity contribution in [3.05, 3.63) is 28.2 Å². The average molecular weight is 311 g/mol. The lowest BCUT2D eigenvalue weighted by Crippen LogP contribution is -2.33. The molecule has 1 atom stereocenters. The third-order valence-electron chi connectivity index (χ3n) is 3.92. The lowest BCUT2D eigenvalue weighted by Gasteiger charge is -2.29. The summed E-state index contributed by atoms with van der Waals surface area (Å²) in [5.74, 6) is 0. The monoisotopic (exact) mass is 310 g/mol. The van der Waals surface area contributed by atoms with Gasteiger partial charge in [-0.25, -0.2) is 0 Å². The van der Waals surface area contributed by atoms with Crippen molar-refractivity contribution >= 4 is 21.6 Å². The third-order valence-corrected chi connectivity index (χ3v) is 4.64. The molecule has 1 aromatic rings. The van der Waals surface area contributed by atoms with Crippen LogP contribution in [0, 0.1) is 0 Å². The second-order valence-corrected chi connectivity index (χ2v) is 6.09. The molecule has 1 saturated heterocycles. The van der Waals surface area contributed by atoms with E-state index in [-0.39, 0.29) is 0 Å². The normalized spacial score (nSPS) is 21.8. The van der Waals surface area contributed by atoms with Crippen LogP contribution in [-0.4, -0.2) is 17.5 Å². The van der Waals surface area contributed by atoms with Crippen molar-refractivity contribution in [2.75, 3.05) is 12.3 Å². The Balaban J connectivity index is 2.07. The molecule has 0 bridgehead atoms. The van der Waals surface area contributed by atoms with Gasteiger partial charge in [0.1, 0.15) is 0 Å². The van der Waals surface area contributed by atoms with Crippen LogP contribution in [0.15, 0.2) is 22.7 Å². The summed E-state index contributed by atoms with van der Waals surface area (Å²) in [5, 5.41) is 0. The first-order chi connectivity index (χ1) is 8.70. The molecule has 0 amide bonds. The van der Waals surface area contributed by atoms with Crippen molar-refractivity contribution in [2.24, 2.45) is 0 Å². The number of hydrogen-bond acceptors (Lipinski definition) is 2. The number of nitrogens with zero attached hydrogens (tertiary/aromatic N) is 1. The number of anilines is 1. The van der Waals surface area contributed by atoms with E-state index in [1.165, 1.54) is 44.2 Å². The van der Waals surface area contributed by atoms with E-state index in [1.54, 1.807) is 0 Å². The molecule has 1 aliphatic heterocycles. The van der Waals surface area contributed by atoms with Crippen LogP contribution < -0.4 is 5.73 Å². The zero-order chi connectivity index (χ0) is 13.0. The molecule has 1 heterocycles. The highest BCUT2D eigenvalue weighted by Crippen LogP contribution is 2.24. The van der Waals surface area contributed by atoms with E-state index < -0.39 is 0 Å². The highest BCUT2D eigenvalue weighted by atomic mass is 79.9. The summed E-state index contributed by atoms with van der Waals surface area (Å²) in [5.41, 5.74) is 8.13. The first-order valence-electron chi connectivity index (χ1n) is 6.98. The van der Waals surface area contributed by atoms with Crippen LogP contribution in [0.5, 0.6) is 0 Å². The minimum atomic E-state index is 0.748. The molecular weight excluding hydrogens is 288 g/mol. The maximum absolute atomic E-state index is 5.96. The summed E-state index contributed by atoms with van der Waals surface area (Å²) in [7, 11) is 0. The summed E-state index contributed by atoms with van der Waals surface area (Å²) < 4.78 is 0.995. The van der Waals surface area contributed by atoms with Gasteiger partial charge in [-0.05, 0) is 59.4 Å². The standard InChI is InChI=1S/C15H23BrN2/c1-2-13-6-4-3-5-9-18(13)11-12-7-8-14(16)15(17)10-12/h7-8,10,13H,2-6,9,11,17H2,1H3. The third kappa shape index (κ3) is 3.48. The van der Waals surface area contributed by atoms with Gasteiger partial charge in [-0.15, -0.1) is 0 Å². The molecule has 1 unspecified atom stereocenters. The molecule has 100 valence electrons. The quantitative estimate of drug-likeness (QED) is 0.848. The number of nitrogens with two attached hydrogens (primary N) is 1. The predicted octanol–water partition coefficient (Wildman–Crippen LogP) is 4.19. The van der Waals surface area contributed by atoms with Crippen molar-refractivity contribution in [3.8, 4) is 0 Å². The second-order valence-electron chi connectivity index (χ2n) is 5.24. The molecule has 1 aromatic carbocycles. The van der Waals surface area contributed by atoms with Crippen LogP contribution in [-0.2, 0) is 6.54 Å². The Bertz CT molecular complexity index is 392. The van der Waals surface area contributed by atoms with Gasteiger partial charge in [0.2, 0.25) is 0 Å². The van der Waals surface area contributed by atoms with E-state index >= 15 is 0 Å². The van der Waals surface area contributed by atoms with E-state index in [1.807, 2.05) is 0 Å². The summed E-state index contributed by atoms with van der Waals surface area (Å²) in [6, 6.07) is 7.08. The highest BCUT2D eigenvalue weighted by Gasteiger charge is 2.19.